The Morgan fingerprint density at radius 2 is 2.29 bits per heavy atom. The predicted molar refractivity (Wildman–Crippen MR) is 57.4 cm³/mol. The number of nitrogens with zero attached hydrogens (tertiary/aromatic N) is 2. The molecule has 0 aromatic rings. The second kappa shape index (κ2) is 5.20. The zero-order valence-corrected chi connectivity index (χ0v) is 9.42. The molecule has 1 aliphatic heterocycles. The van der Waals surface area contributed by atoms with Gasteiger partial charge in [0.2, 0.25) is 0 Å². The predicted octanol–water partition coefficient (Wildman–Crippen LogP) is 0.742. The summed E-state index contributed by atoms with van der Waals surface area (Å²) in [6.45, 7) is 4.88. The van der Waals surface area contributed by atoms with E-state index in [0.29, 0.717) is 6.04 Å². The minimum Gasteiger partial charge on any atom is -0.338 e. The molecular formula is C10H21N3O. The first-order chi connectivity index (χ1) is 6.61. The number of hydrogen-bond donors (Lipinski definition) is 1. The van der Waals surface area contributed by atoms with Gasteiger partial charge in [-0.2, -0.15) is 0 Å². The topological polar surface area (TPSA) is 35.6 Å². The van der Waals surface area contributed by atoms with E-state index in [0.717, 1.165) is 32.5 Å². The maximum Gasteiger partial charge on any atom is 0.317 e. The maximum absolute atomic E-state index is 11.5. The van der Waals surface area contributed by atoms with Crippen LogP contribution in [0.3, 0.4) is 0 Å². The first kappa shape index (κ1) is 11.3. The summed E-state index contributed by atoms with van der Waals surface area (Å²) in [7, 11) is 4.12. The van der Waals surface area contributed by atoms with Crippen LogP contribution in [0.4, 0.5) is 4.79 Å². The number of rotatable bonds is 4. The lowest BCUT2D eigenvalue weighted by Crippen LogP contribution is -2.50. The van der Waals surface area contributed by atoms with Crippen molar-refractivity contribution in [1.29, 1.82) is 0 Å². The molecular weight excluding hydrogens is 178 g/mol. The molecule has 0 spiro atoms. The third kappa shape index (κ3) is 3.18. The first-order valence-corrected chi connectivity index (χ1v) is 5.30. The van der Waals surface area contributed by atoms with Crippen LogP contribution in [0, 0.1) is 0 Å². The van der Waals surface area contributed by atoms with Crippen molar-refractivity contribution >= 4 is 6.03 Å². The zero-order chi connectivity index (χ0) is 10.6. The fraction of sp³-hybridized carbons (Fsp3) is 0.900. The summed E-state index contributed by atoms with van der Waals surface area (Å²) >= 11 is 0. The molecule has 0 bridgehead atoms. The highest BCUT2D eigenvalue weighted by Gasteiger charge is 2.22. The maximum atomic E-state index is 11.5. The van der Waals surface area contributed by atoms with Gasteiger partial charge in [-0.1, -0.05) is 0 Å². The second-order valence-corrected chi connectivity index (χ2v) is 4.22. The van der Waals surface area contributed by atoms with Gasteiger partial charge < -0.3 is 15.1 Å². The monoisotopic (exact) mass is 199 g/mol. The van der Waals surface area contributed by atoms with Crippen molar-refractivity contribution in [3.05, 3.63) is 0 Å². The van der Waals surface area contributed by atoms with Crippen molar-refractivity contribution in [2.45, 2.75) is 25.8 Å². The van der Waals surface area contributed by atoms with Crippen LogP contribution < -0.4 is 5.32 Å². The molecule has 0 aromatic heterocycles. The number of carbonyl (C=O) groups is 1. The van der Waals surface area contributed by atoms with Gasteiger partial charge in [-0.3, -0.25) is 0 Å². The fourth-order valence-electron chi connectivity index (χ4n) is 1.67. The van der Waals surface area contributed by atoms with E-state index < -0.39 is 0 Å². The van der Waals surface area contributed by atoms with Crippen LogP contribution in [0.1, 0.15) is 19.8 Å². The van der Waals surface area contributed by atoms with Gasteiger partial charge in [0.15, 0.2) is 0 Å². The highest BCUT2D eigenvalue weighted by atomic mass is 16.2. The minimum absolute atomic E-state index is 0.0995. The van der Waals surface area contributed by atoms with E-state index in [-0.39, 0.29) is 6.03 Å². The van der Waals surface area contributed by atoms with Crippen LogP contribution in [0.2, 0.25) is 0 Å². The number of carbonyl (C=O) groups excluding carboxylic acids is 1. The average Bonchev–Trinajstić information content (AvgIpc) is 2.15. The van der Waals surface area contributed by atoms with E-state index in [4.69, 9.17) is 0 Å². The van der Waals surface area contributed by atoms with Crippen molar-refractivity contribution in [1.82, 2.24) is 15.1 Å². The first-order valence-electron chi connectivity index (χ1n) is 5.30. The molecule has 2 amide bonds. The van der Waals surface area contributed by atoms with Crippen molar-refractivity contribution in [2.75, 3.05) is 33.7 Å². The van der Waals surface area contributed by atoms with Crippen LogP contribution in [0.15, 0.2) is 0 Å². The van der Waals surface area contributed by atoms with E-state index in [1.54, 1.807) is 0 Å². The third-order valence-corrected chi connectivity index (χ3v) is 2.64. The lowest BCUT2D eigenvalue weighted by Gasteiger charge is -2.33. The van der Waals surface area contributed by atoms with Gasteiger partial charge >= 0.3 is 6.03 Å². The standard InChI is InChI=1S/C10H21N3O/c1-9(5-8-12(2)3)13-7-4-6-11-10(13)14/h9H,4-8H2,1-3H3,(H,11,14). The van der Waals surface area contributed by atoms with Crippen LogP contribution in [0.25, 0.3) is 0 Å². The molecule has 1 unspecified atom stereocenters. The molecule has 1 aliphatic rings. The van der Waals surface area contributed by atoms with Crippen molar-refractivity contribution in [2.24, 2.45) is 0 Å². The van der Waals surface area contributed by atoms with E-state index in [9.17, 15) is 4.79 Å². The highest BCUT2D eigenvalue weighted by Crippen LogP contribution is 2.08. The van der Waals surface area contributed by atoms with E-state index in [2.05, 4.69) is 31.2 Å². The van der Waals surface area contributed by atoms with E-state index in [1.165, 1.54) is 0 Å². The van der Waals surface area contributed by atoms with Gasteiger partial charge in [0, 0.05) is 19.1 Å². The van der Waals surface area contributed by atoms with Crippen LogP contribution in [0.5, 0.6) is 0 Å². The Hall–Kier alpha value is -0.770. The summed E-state index contributed by atoms with van der Waals surface area (Å²) < 4.78 is 0. The Morgan fingerprint density at radius 1 is 1.57 bits per heavy atom. The molecule has 4 heteroatoms. The fourth-order valence-corrected chi connectivity index (χ4v) is 1.67. The minimum atomic E-state index is 0.0995. The molecule has 1 rings (SSSR count). The summed E-state index contributed by atoms with van der Waals surface area (Å²) in [5.41, 5.74) is 0. The number of hydrogen-bond acceptors (Lipinski definition) is 2. The summed E-state index contributed by atoms with van der Waals surface area (Å²) in [5, 5.41) is 2.87. The molecule has 4 nitrogen and oxygen atoms in total. The summed E-state index contributed by atoms with van der Waals surface area (Å²) in [4.78, 5) is 15.6. The number of nitrogens with one attached hydrogen (secondary N) is 1. The number of urea groups is 1. The normalized spacial score (nSPS) is 19.7. The van der Waals surface area contributed by atoms with Gasteiger partial charge in [-0.25, -0.2) is 4.79 Å². The lowest BCUT2D eigenvalue weighted by molar-refractivity contribution is 0.158. The zero-order valence-electron chi connectivity index (χ0n) is 9.42. The molecule has 82 valence electrons. The second-order valence-electron chi connectivity index (χ2n) is 4.22. The average molecular weight is 199 g/mol. The molecule has 0 aliphatic carbocycles. The van der Waals surface area contributed by atoms with Crippen molar-refractivity contribution in [3.8, 4) is 0 Å². The molecule has 1 N–H and O–H groups in total. The lowest BCUT2D eigenvalue weighted by atomic mass is 10.1. The summed E-state index contributed by atoms with van der Waals surface area (Å²) in [6.07, 6.45) is 2.11. The Morgan fingerprint density at radius 3 is 2.86 bits per heavy atom. The summed E-state index contributed by atoms with van der Waals surface area (Å²) in [5.74, 6) is 0. The molecule has 0 radical (unpaired) electrons. The molecule has 14 heavy (non-hydrogen) atoms. The Balaban J connectivity index is 2.34. The van der Waals surface area contributed by atoms with Crippen molar-refractivity contribution in [3.63, 3.8) is 0 Å². The van der Waals surface area contributed by atoms with Crippen LogP contribution >= 0.6 is 0 Å². The van der Waals surface area contributed by atoms with Gasteiger partial charge in [-0.05, 0) is 40.4 Å². The van der Waals surface area contributed by atoms with E-state index >= 15 is 0 Å². The Kier molecular flexibility index (Phi) is 4.20. The Bertz CT molecular complexity index is 194. The third-order valence-electron chi connectivity index (χ3n) is 2.64. The van der Waals surface area contributed by atoms with Crippen LogP contribution in [-0.4, -0.2) is 55.6 Å². The molecule has 1 fully saturated rings. The van der Waals surface area contributed by atoms with Crippen LogP contribution in [-0.2, 0) is 0 Å². The molecule has 1 saturated heterocycles. The Labute approximate surface area is 86.2 Å². The molecule has 1 heterocycles. The summed E-state index contributed by atoms with van der Waals surface area (Å²) in [6, 6.07) is 0.445. The van der Waals surface area contributed by atoms with E-state index in [1.807, 2.05) is 4.90 Å². The molecule has 1 atom stereocenters. The smallest absolute Gasteiger partial charge is 0.317 e. The number of amides is 2. The van der Waals surface area contributed by atoms with Crippen molar-refractivity contribution < 1.29 is 4.79 Å². The molecule has 0 aromatic carbocycles. The molecule has 0 saturated carbocycles. The quantitative estimate of drug-likeness (QED) is 0.725. The highest BCUT2D eigenvalue weighted by molar-refractivity contribution is 5.75. The largest absolute Gasteiger partial charge is 0.338 e. The van der Waals surface area contributed by atoms with Gasteiger partial charge in [0.25, 0.3) is 0 Å². The SMILES string of the molecule is CC(CCN(C)C)N1CCCNC1=O. The van der Waals surface area contributed by atoms with Gasteiger partial charge in [0.05, 0.1) is 0 Å². The van der Waals surface area contributed by atoms with Gasteiger partial charge in [0.1, 0.15) is 0 Å². The van der Waals surface area contributed by atoms with Gasteiger partial charge in [-0.15, -0.1) is 0 Å².